The van der Waals surface area contributed by atoms with Crippen molar-refractivity contribution in [1.82, 2.24) is 0 Å². The van der Waals surface area contributed by atoms with Gasteiger partial charge in [0.2, 0.25) is 0 Å². The lowest BCUT2D eigenvalue weighted by Gasteiger charge is -2.33. The predicted molar refractivity (Wildman–Crippen MR) is 247 cm³/mol. The largest absolute Gasteiger partial charge is 0.383 e. The highest BCUT2D eigenvalue weighted by Gasteiger charge is 2.54. The summed E-state index contributed by atoms with van der Waals surface area (Å²) in [6.07, 6.45) is 0.789. The SMILES string of the molecule is NC(=Nc1ccccc1Cc1ccccc1)c1cccc(-c2cc3c(c4ccccc24)C2(c4ccccc4-c4ccccc42)c2c-3c3ccccc3c3ccccc23)c1. The van der Waals surface area contributed by atoms with Gasteiger partial charge in [-0.15, -0.1) is 0 Å². The Kier molecular flexibility index (Phi) is 7.39. The number of benzene rings is 10. The Balaban J connectivity index is 1.13. The summed E-state index contributed by atoms with van der Waals surface area (Å²) in [6, 6.07) is 75.3. The maximum atomic E-state index is 6.94. The highest BCUT2D eigenvalue weighted by atomic mass is 14.9. The molecule has 0 heterocycles. The van der Waals surface area contributed by atoms with Gasteiger partial charge in [0, 0.05) is 5.56 Å². The van der Waals surface area contributed by atoms with Crippen LogP contribution in [0.25, 0.3) is 65.7 Å². The van der Waals surface area contributed by atoms with Crippen LogP contribution in [-0.2, 0) is 11.8 Å². The van der Waals surface area contributed by atoms with Gasteiger partial charge in [-0.25, -0.2) is 4.99 Å². The lowest BCUT2D eigenvalue weighted by atomic mass is 9.68. The van der Waals surface area contributed by atoms with Crippen LogP contribution in [0.1, 0.15) is 38.9 Å². The average Bonchev–Trinajstić information content (AvgIpc) is 3.78. The Bertz CT molecular complexity index is 3330. The Morgan fingerprint density at radius 1 is 0.424 bits per heavy atom. The molecule has 0 saturated carbocycles. The van der Waals surface area contributed by atoms with E-state index >= 15 is 0 Å². The van der Waals surface area contributed by atoms with E-state index in [0.29, 0.717) is 5.84 Å². The van der Waals surface area contributed by atoms with Crippen LogP contribution in [0, 0.1) is 0 Å². The van der Waals surface area contributed by atoms with Crippen LogP contribution in [0.4, 0.5) is 5.69 Å². The van der Waals surface area contributed by atoms with Crippen LogP contribution in [0.2, 0.25) is 0 Å². The monoisotopic (exact) mass is 750 g/mol. The fourth-order valence-corrected chi connectivity index (χ4v) is 10.6. The average molecular weight is 751 g/mol. The van der Waals surface area contributed by atoms with Crippen molar-refractivity contribution >= 4 is 43.8 Å². The summed E-state index contributed by atoms with van der Waals surface area (Å²) in [5, 5.41) is 7.62. The summed E-state index contributed by atoms with van der Waals surface area (Å²) < 4.78 is 0. The molecule has 0 fully saturated rings. The quantitative estimate of drug-likeness (QED) is 0.106. The molecule has 0 radical (unpaired) electrons. The molecule has 0 saturated heterocycles. The number of hydrogen-bond donors (Lipinski definition) is 1. The Labute approximate surface area is 343 Å². The molecule has 2 heteroatoms. The second kappa shape index (κ2) is 13.0. The van der Waals surface area contributed by atoms with Crippen LogP contribution < -0.4 is 5.73 Å². The molecule has 10 aromatic carbocycles. The highest BCUT2D eigenvalue weighted by molar-refractivity contribution is 6.22. The van der Waals surface area contributed by atoms with E-state index in [2.05, 4.69) is 200 Å². The van der Waals surface area contributed by atoms with Gasteiger partial charge in [0.05, 0.1) is 11.1 Å². The van der Waals surface area contributed by atoms with Gasteiger partial charge in [0.15, 0.2) is 0 Å². The van der Waals surface area contributed by atoms with Gasteiger partial charge < -0.3 is 5.73 Å². The van der Waals surface area contributed by atoms with Gasteiger partial charge in [-0.3, -0.25) is 0 Å². The van der Waals surface area contributed by atoms with Crippen LogP contribution in [-0.4, -0.2) is 5.84 Å². The van der Waals surface area contributed by atoms with Crippen molar-refractivity contribution < 1.29 is 0 Å². The smallest absolute Gasteiger partial charge is 0.131 e. The van der Waals surface area contributed by atoms with Crippen molar-refractivity contribution in [2.75, 3.05) is 0 Å². The summed E-state index contributed by atoms with van der Waals surface area (Å²) in [5.41, 5.74) is 23.5. The highest BCUT2D eigenvalue weighted by Crippen LogP contribution is 2.67. The van der Waals surface area contributed by atoms with Crippen LogP contribution in [0.15, 0.2) is 211 Å². The zero-order valence-electron chi connectivity index (χ0n) is 32.4. The minimum absolute atomic E-state index is 0.499. The van der Waals surface area contributed by atoms with E-state index in [1.807, 2.05) is 6.07 Å². The van der Waals surface area contributed by atoms with E-state index in [1.54, 1.807) is 0 Å². The number of aliphatic imine (C=N–C) groups is 1. The van der Waals surface area contributed by atoms with Crippen LogP contribution >= 0.6 is 0 Å². The summed E-state index contributed by atoms with van der Waals surface area (Å²) in [5.74, 6) is 0.499. The molecule has 2 N–H and O–H groups in total. The van der Waals surface area contributed by atoms with Gasteiger partial charge in [-0.05, 0) is 124 Å². The van der Waals surface area contributed by atoms with Crippen molar-refractivity contribution in [2.45, 2.75) is 11.8 Å². The maximum absolute atomic E-state index is 6.94. The van der Waals surface area contributed by atoms with Gasteiger partial charge in [-0.1, -0.05) is 188 Å². The van der Waals surface area contributed by atoms with Crippen molar-refractivity contribution in [3.05, 3.63) is 245 Å². The molecule has 12 rings (SSSR count). The summed E-state index contributed by atoms with van der Waals surface area (Å²) in [4.78, 5) is 5.06. The zero-order chi connectivity index (χ0) is 39.1. The molecule has 0 amide bonds. The van der Waals surface area contributed by atoms with Crippen LogP contribution in [0.3, 0.4) is 0 Å². The first-order valence-electron chi connectivity index (χ1n) is 20.5. The van der Waals surface area contributed by atoms with Crippen molar-refractivity contribution in [2.24, 2.45) is 10.7 Å². The molecular formula is C57H38N2. The van der Waals surface area contributed by atoms with Crippen molar-refractivity contribution in [3.63, 3.8) is 0 Å². The number of amidine groups is 1. The lowest BCUT2D eigenvalue weighted by molar-refractivity contribution is 0.809. The van der Waals surface area contributed by atoms with Crippen LogP contribution in [0.5, 0.6) is 0 Å². The first kappa shape index (κ1) is 33.6. The van der Waals surface area contributed by atoms with E-state index in [9.17, 15) is 0 Å². The summed E-state index contributed by atoms with van der Waals surface area (Å²) in [6.45, 7) is 0. The van der Waals surface area contributed by atoms with Crippen molar-refractivity contribution in [1.29, 1.82) is 0 Å². The Morgan fingerprint density at radius 3 is 1.71 bits per heavy atom. The molecular weight excluding hydrogens is 713 g/mol. The molecule has 0 atom stereocenters. The molecule has 2 nitrogen and oxygen atoms in total. The molecule has 1 spiro atoms. The number of hydrogen-bond acceptors (Lipinski definition) is 1. The molecule has 59 heavy (non-hydrogen) atoms. The fourth-order valence-electron chi connectivity index (χ4n) is 10.6. The molecule has 0 unspecified atom stereocenters. The van der Waals surface area contributed by atoms with Gasteiger partial charge in [-0.2, -0.15) is 0 Å². The fraction of sp³-hybridized carbons (Fsp3) is 0.0351. The first-order chi connectivity index (χ1) is 29.2. The van der Waals surface area contributed by atoms with E-state index < -0.39 is 5.41 Å². The minimum atomic E-state index is -0.522. The Hall–Kier alpha value is -7.55. The topological polar surface area (TPSA) is 38.4 Å². The third-order valence-electron chi connectivity index (χ3n) is 12.9. The second-order valence-electron chi connectivity index (χ2n) is 15.9. The molecule has 2 aliphatic carbocycles. The third-order valence-corrected chi connectivity index (χ3v) is 12.9. The Morgan fingerprint density at radius 2 is 0.983 bits per heavy atom. The standard InChI is InChI=1S/C57H38N2/c58-56(59-52-32-15-4-19-38(52)33-36-17-2-1-3-18-36)39-21-16-20-37(34-39)48-35-49-53-45-27-8-5-22-40(45)41-23-6-10-29-47(41)55(53)57(54(49)46-28-9-7-24-42(46)48)50-30-13-11-25-43(50)44-26-12-14-31-51(44)57/h1-32,34-35H,33H2,(H2,58,59). The number of nitrogens with two attached hydrogens (primary N) is 1. The molecule has 0 aliphatic heterocycles. The number of rotatable bonds is 5. The molecule has 10 aromatic rings. The van der Waals surface area contributed by atoms with Gasteiger partial charge in [0.1, 0.15) is 5.84 Å². The molecule has 2 aliphatic rings. The zero-order valence-corrected chi connectivity index (χ0v) is 32.4. The normalized spacial score (nSPS) is 13.5. The van der Waals surface area contributed by atoms with E-state index in [1.165, 1.54) is 88.0 Å². The summed E-state index contributed by atoms with van der Waals surface area (Å²) >= 11 is 0. The van der Waals surface area contributed by atoms with E-state index in [4.69, 9.17) is 10.7 Å². The lowest BCUT2D eigenvalue weighted by Crippen LogP contribution is -2.26. The number of fused-ring (bicyclic) bond motifs is 17. The summed E-state index contributed by atoms with van der Waals surface area (Å²) in [7, 11) is 0. The van der Waals surface area contributed by atoms with E-state index in [-0.39, 0.29) is 0 Å². The predicted octanol–water partition coefficient (Wildman–Crippen LogP) is 13.8. The van der Waals surface area contributed by atoms with Gasteiger partial charge >= 0.3 is 0 Å². The number of nitrogens with zero attached hydrogens (tertiary/aromatic N) is 1. The molecule has 0 bridgehead atoms. The molecule has 276 valence electrons. The molecule has 0 aromatic heterocycles. The number of para-hydroxylation sites is 1. The van der Waals surface area contributed by atoms with Gasteiger partial charge in [0.25, 0.3) is 0 Å². The first-order valence-corrected chi connectivity index (χ1v) is 20.5. The third kappa shape index (κ3) is 4.84. The second-order valence-corrected chi connectivity index (χ2v) is 15.9. The maximum Gasteiger partial charge on any atom is 0.131 e. The minimum Gasteiger partial charge on any atom is -0.383 e. The van der Waals surface area contributed by atoms with Crippen molar-refractivity contribution in [3.8, 4) is 33.4 Å². The van der Waals surface area contributed by atoms with E-state index in [0.717, 1.165) is 28.8 Å².